The van der Waals surface area contributed by atoms with Crippen molar-refractivity contribution in [2.24, 2.45) is 0 Å². The summed E-state index contributed by atoms with van der Waals surface area (Å²) >= 11 is 0.919. The highest BCUT2D eigenvalue weighted by Crippen LogP contribution is 2.39. The van der Waals surface area contributed by atoms with E-state index >= 15 is 0 Å². The normalized spacial score (nSPS) is 11.3. The van der Waals surface area contributed by atoms with Gasteiger partial charge in [-0.1, -0.05) is 23.9 Å². The third-order valence-electron chi connectivity index (χ3n) is 2.47. The topological polar surface area (TPSA) is 43.1 Å². The standard InChI is InChI=1S/C13H8F3NO2S/c14-13(15,16)11-3-1-2-4-12(11)20-10-7-5-9(6-8-10)17(18)19/h1-8H. The molecule has 0 radical (unpaired) electrons. The van der Waals surface area contributed by atoms with Gasteiger partial charge in [0.25, 0.3) is 5.69 Å². The van der Waals surface area contributed by atoms with Crippen molar-refractivity contribution in [2.75, 3.05) is 0 Å². The molecule has 104 valence electrons. The first-order valence-electron chi connectivity index (χ1n) is 5.46. The van der Waals surface area contributed by atoms with Gasteiger partial charge in [0.05, 0.1) is 10.5 Å². The van der Waals surface area contributed by atoms with E-state index in [1.165, 1.54) is 42.5 Å². The van der Waals surface area contributed by atoms with Crippen LogP contribution < -0.4 is 0 Å². The lowest BCUT2D eigenvalue weighted by molar-refractivity contribution is -0.384. The van der Waals surface area contributed by atoms with Crippen LogP contribution in [0.15, 0.2) is 58.3 Å². The highest BCUT2D eigenvalue weighted by atomic mass is 32.2. The van der Waals surface area contributed by atoms with Crippen LogP contribution in [0.25, 0.3) is 0 Å². The van der Waals surface area contributed by atoms with E-state index in [1.807, 2.05) is 0 Å². The highest BCUT2D eigenvalue weighted by molar-refractivity contribution is 7.99. The predicted molar refractivity (Wildman–Crippen MR) is 68.7 cm³/mol. The maximum Gasteiger partial charge on any atom is 0.417 e. The summed E-state index contributed by atoms with van der Waals surface area (Å²) in [6.07, 6.45) is -4.43. The Labute approximate surface area is 116 Å². The van der Waals surface area contributed by atoms with Gasteiger partial charge in [0.15, 0.2) is 0 Å². The molecule has 2 aromatic rings. The molecule has 0 aliphatic rings. The zero-order valence-corrected chi connectivity index (χ0v) is 10.7. The van der Waals surface area contributed by atoms with Gasteiger partial charge in [-0.05, 0) is 24.3 Å². The highest BCUT2D eigenvalue weighted by Gasteiger charge is 2.33. The molecule has 7 heteroatoms. The smallest absolute Gasteiger partial charge is 0.258 e. The van der Waals surface area contributed by atoms with Crippen LogP contribution in [0.4, 0.5) is 18.9 Å². The first kappa shape index (κ1) is 14.4. The van der Waals surface area contributed by atoms with E-state index < -0.39 is 16.7 Å². The maximum atomic E-state index is 12.8. The second kappa shape index (κ2) is 5.54. The molecule has 0 saturated heterocycles. The molecule has 0 aliphatic heterocycles. The Kier molecular flexibility index (Phi) is 3.99. The summed E-state index contributed by atoms with van der Waals surface area (Å²) in [7, 11) is 0. The Bertz CT molecular complexity index is 626. The average Bonchev–Trinajstić information content (AvgIpc) is 2.38. The number of nitrogens with zero attached hydrogens (tertiary/aromatic N) is 1. The summed E-state index contributed by atoms with van der Waals surface area (Å²) in [5.74, 6) is 0. The van der Waals surface area contributed by atoms with E-state index in [1.54, 1.807) is 0 Å². The van der Waals surface area contributed by atoms with Gasteiger partial charge < -0.3 is 0 Å². The van der Waals surface area contributed by atoms with Gasteiger partial charge in [-0.15, -0.1) is 0 Å². The molecule has 0 saturated carbocycles. The van der Waals surface area contributed by atoms with Crippen molar-refractivity contribution < 1.29 is 18.1 Å². The minimum absolute atomic E-state index is 0.0638. The van der Waals surface area contributed by atoms with Crippen LogP contribution >= 0.6 is 11.8 Å². The monoisotopic (exact) mass is 299 g/mol. The van der Waals surface area contributed by atoms with Crippen molar-refractivity contribution in [1.29, 1.82) is 0 Å². The van der Waals surface area contributed by atoms with Crippen LogP contribution in [-0.2, 0) is 6.18 Å². The fourth-order valence-electron chi connectivity index (χ4n) is 1.55. The molecule has 0 fully saturated rings. The van der Waals surface area contributed by atoms with Gasteiger partial charge in [0, 0.05) is 21.9 Å². The second-order valence-electron chi connectivity index (χ2n) is 3.85. The van der Waals surface area contributed by atoms with E-state index in [4.69, 9.17) is 0 Å². The zero-order chi connectivity index (χ0) is 14.8. The molecule has 0 amide bonds. The molecule has 20 heavy (non-hydrogen) atoms. The molecule has 0 unspecified atom stereocenters. The third-order valence-corrected chi connectivity index (χ3v) is 3.55. The fraction of sp³-hybridized carbons (Fsp3) is 0.0769. The van der Waals surface area contributed by atoms with E-state index in [0.29, 0.717) is 4.90 Å². The lowest BCUT2D eigenvalue weighted by atomic mass is 10.2. The molecule has 2 rings (SSSR count). The first-order valence-corrected chi connectivity index (χ1v) is 6.28. The summed E-state index contributed by atoms with van der Waals surface area (Å²) in [6.45, 7) is 0. The van der Waals surface area contributed by atoms with Crippen molar-refractivity contribution in [3.63, 3.8) is 0 Å². The van der Waals surface area contributed by atoms with Gasteiger partial charge in [-0.2, -0.15) is 13.2 Å². The summed E-state index contributed by atoms with van der Waals surface area (Å²) in [4.78, 5) is 10.5. The van der Waals surface area contributed by atoms with Crippen molar-refractivity contribution in [3.8, 4) is 0 Å². The molecule has 0 aromatic heterocycles. The van der Waals surface area contributed by atoms with Crippen LogP contribution in [0.1, 0.15) is 5.56 Å². The van der Waals surface area contributed by atoms with Crippen LogP contribution in [0.2, 0.25) is 0 Å². The van der Waals surface area contributed by atoms with E-state index in [-0.39, 0.29) is 10.6 Å². The largest absolute Gasteiger partial charge is 0.417 e. The molecule has 0 heterocycles. The summed E-state index contributed by atoms with van der Waals surface area (Å²) < 4.78 is 38.5. The molecule has 0 aliphatic carbocycles. The van der Waals surface area contributed by atoms with Gasteiger partial charge in [0.2, 0.25) is 0 Å². The lowest BCUT2D eigenvalue weighted by Crippen LogP contribution is -2.06. The Morgan fingerprint density at radius 2 is 1.60 bits per heavy atom. The fourth-order valence-corrected chi connectivity index (χ4v) is 2.52. The molecule has 2 aromatic carbocycles. The Hall–Kier alpha value is -2.02. The number of rotatable bonds is 3. The molecule has 0 atom stereocenters. The lowest BCUT2D eigenvalue weighted by Gasteiger charge is -2.11. The Balaban J connectivity index is 2.28. The summed E-state index contributed by atoms with van der Waals surface area (Å²) in [5, 5.41) is 10.5. The van der Waals surface area contributed by atoms with Crippen molar-refractivity contribution in [3.05, 3.63) is 64.2 Å². The third kappa shape index (κ3) is 3.30. The molecule has 0 N–H and O–H groups in total. The minimum atomic E-state index is -4.43. The number of halogens is 3. The molecule has 0 spiro atoms. The predicted octanol–water partition coefficient (Wildman–Crippen LogP) is 4.76. The van der Waals surface area contributed by atoms with Crippen LogP contribution in [-0.4, -0.2) is 4.92 Å². The van der Waals surface area contributed by atoms with Crippen LogP contribution in [0, 0.1) is 10.1 Å². The molecule has 0 bridgehead atoms. The Morgan fingerprint density at radius 3 is 2.15 bits per heavy atom. The first-order chi connectivity index (χ1) is 9.38. The minimum Gasteiger partial charge on any atom is -0.258 e. The Morgan fingerprint density at radius 1 is 1.00 bits per heavy atom. The molecular formula is C13H8F3NO2S. The molecular weight excluding hydrogens is 291 g/mol. The van der Waals surface area contributed by atoms with E-state index in [2.05, 4.69) is 0 Å². The van der Waals surface area contributed by atoms with Gasteiger partial charge in [0.1, 0.15) is 0 Å². The SMILES string of the molecule is O=[N+]([O-])c1ccc(Sc2ccccc2C(F)(F)F)cc1. The van der Waals surface area contributed by atoms with Crippen LogP contribution in [0.3, 0.4) is 0 Å². The van der Waals surface area contributed by atoms with Gasteiger partial charge >= 0.3 is 6.18 Å². The number of hydrogen-bond donors (Lipinski definition) is 0. The number of alkyl halides is 3. The number of non-ortho nitro benzene ring substituents is 1. The molecule has 3 nitrogen and oxygen atoms in total. The van der Waals surface area contributed by atoms with Gasteiger partial charge in [-0.25, -0.2) is 0 Å². The number of benzene rings is 2. The van der Waals surface area contributed by atoms with E-state index in [0.717, 1.165) is 17.8 Å². The number of nitro groups is 1. The average molecular weight is 299 g/mol. The van der Waals surface area contributed by atoms with E-state index in [9.17, 15) is 23.3 Å². The summed E-state index contributed by atoms with van der Waals surface area (Å²) in [5.41, 5.74) is -0.818. The summed E-state index contributed by atoms with van der Waals surface area (Å²) in [6, 6.07) is 10.6. The second-order valence-corrected chi connectivity index (χ2v) is 4.96. The van der Waals surface area contributed by atoms with Crippen LogP contribution in [0.5, 0.6) is 0 Å². The maximum absolute atomic E-state index is 12.8. The number of nitro benzene ring substituents is 1. The number of hydrogen-bond acceptors (Lipinski definition) is 3. The quantitative estimate of drug-likeness (QED) is 0.606. The van der Waals surface area contributed by atoms with Crippen molar-refractivity contribution in [2.45, 2.75) is 16.0 Å². The van der Waals surface area contributed by atoms with Crippen molar-refractivity contribution >= 4 is 17.4 Å². The van der Waals surface area contributed by atoms with Gasteiger partial charge in [-0.3, -0.25) is 10.1 Å². The zero-order valence-electron chi connectivity index (χ0n) is 9.92. The van der Waals surface area contributed by atoms with Crippen molar-refractivity contribution in [1.82, 2.24) is 0 Å².